The molecule has 2 rings (SSSR count). The van der Waals surface area contributed by atoms with Gasteiger partial charge < -0.3 is 9.84 Å². The highest BCUT2D eigenvalue weighted by Gasteiger charge is 2.12. The Bertz CT molecular complexity index is 418. The Labute approximate surface area is 103 Å². The van der Waals surface area contributed by atoms with E-state index in [0.29, 0.717) is 17.8 Å². The van der Waals surface area contributed by atoms with Gasteiger partial charge in [-0.3, -0.25) is 0 Å². The van der Waals surface area contributed by atoms with Crippen LogP contribution in [0.15, 0.2) is 10.7 Å². The summed E-state index contributed by atoms with van der Waals surface area (Å²) in [5, 5.41) is 10.7. The quantitative estimate of drug-likeness (QED) is 0.890. The predicted octanol–water partition coefficient (Wildman–Crippen LogP) is 1.16. The molecule has 0 aliphatic heterocycles. The van der Waals surface area contributed by atoms with Gasteiger partial charge in [-0.1, -0.05) is 9.64 Å². The molecule has 0 spiro atoms. The molecule has 0 bridgehead atoms. The number of likely N-dealkylation sites (N-methyl/N-ethyl adjacent to an activating group) is 1. The van der Waals surface area contributed by atoms with Crippen LogP contribution in [0.3, 0.4) is 0 Å². The molecule has 1 atom stereocenters. The van der Waals surface area contributed by atoms with Gasteiger partial charge in [0.1, 0.15) is 4.88 Å². The van der Waals surface area contributed by atoms with E-state index >= 15 is 0 Å². The molecular weight excluding hydrogens is 250 g/mol. The van der Waals surface area contributed by atoms with E-state index in [9.17, 15) is 0 Å². The average Bonchev–Trinajstić information content (AvgIpc) is 2.85. The summed E-state index contributed by atoms with van der Waals surface area (Å²) in [4.78, 5) is 5.05. The summed E-state index contributed by atoms with van der Waals surface area (Å²) in [6.45, 7) is 2.06. The van der Waals surface area contributed by atoms with E-state index < -0.39 is 0 Å². The van der Waals surface area contributed by atoms with Crippen LogP contribution in [0.25, 0.3) is 10.8 Å². The summed E-state index contributed by atoms with van der Waals surface area (Å²) in [7, 11) is 1.90. The fourth-order valence-corrected chi connectivity index (χ4v) is 1.51. The fraction of sp³-hybridized carbons (Fsp3) is 0.500. The highest BCUT2D eigenvalue weighted by Crippen LogP contribution is 2.19. The van der Waals surface area contributed by atoms with Crippen molar-refractivity contribution in [1.29, 1.82) is 0 Å². The molecule has 0 saturated carbocycles. The van der Waals surface area contributed by atoms with Gasteiger partial charge >= 0.3 is 0 Å². The Morgan fingerprint density at radius 2 is 2.38 bits per heavy atom. The second kappa shape index (κ2) is 5.88. The molecule has 2 aromatic heterocycles. The zero-order chi connectivity index (χ0) is 10.7. The minimum absolute atomic E-state index is 0. The normalized spacial score (nSPS) is 12.1. The lowest BCUT2D eigenvalue weighted by molar-refractivity contribution is 0.419. The van der Waals surface area contributed by atoms with E-state index in [1.54, 1.807) is 6.20 Å². The Hall–Kier alpha value is -1.05. The third-order valence-corrected chi connectivity index (χ3v) is 2.67. The number of halogens is 1. The van der Waals surface area contributed by atoms with Crippen LogP contribution in [0.2, 0.25) is 0 Å². The van der Waals surface area contributed by atoms with Gasteiger partial charge in [-0.05, 0) is 25.5 Å². The van der Waals surface area contributed by atoms with Crippen molar-refractivity contribution in [3.05, 3.63) is 12.0 Å². The zero-order valence-electron chi connectivity index (χ0n) is 8.88. The first kappa shape index (κ1) is 13.0. The predicted molar refractivity (Wildman–Crippen MR) is 62.7 cm³/mol. The number of aromatic nitrogens is 4. The van der Waals surface area contributed by atoms with E-state index in [1.165, 1.54) is 11.5 Å². The molecule has 2 aromatic rings. The highest BCUT2D eigenvalue weighted by molar-refractivity contribution is 7.09. The van der Waals surface area contributed by atoms with Crippen LogP contribution >= 0.6 is 23.9 Å². The van der Waals surface area contributed by atoms with Crippen LogP contribution in [-0.2, 0) is 6.42 Å². The molecule has 0 radical (unpaired) electrons. The van der Waals surface area contributed by atoms with Crippen molar-refractivity contribution in [2.45, 2.75) is 19.4 Å². The monoisotopic (exact) mass is 261 g/mol. The van der Waals surface area contributed by atoms with Gasteiger partial charge in [-0.2, -0.15) is 4.98 Å². The van der Waals surface area contributed by atoms with E-state index in [-0.39, 0.29) is 12.4 Å². The van der Waals surface area contributed by atoms with Gasteiger partial charge in [-0.15, -0.1) is 17.5 Å². The van der Waals surface area contributed by atoms with Crippen molar-refractivity contribution in [1.82, 2.24) is 25.0 Å². The Balaban J connectivity index is 0.00000128. The van der Waals surface area contributed by atoms with E-state index in [4.69, 9.17) is 4.52 Å². The lowest BCUT2D eigenvalue weighted by atomic mass is 10.2. The zero-order valence-corrected chi connectivity index (χ0v) is 10.5. The van der Waals surface area contributed by atoms with Crippen molar-refractivity contribution >= 4 is 23.9 Å². The van der Waals surface area contributed by atoms with Gasteiger partial charge in [0.05, 0.1) is 6.20 Å². The van der Waals surface area contributed by atoms with Crippen molar-refractivity contribution in [2.75, 3.05) is 7.05 Å². The lowest BCUT2D eigenvalue weighted by Gasteiger charge is -2.04. The van der Waals surface area contributed by atoms with Crippen LogP contribution in [0, 0.1) is 0 Å². The summed E-state index contributed by atoms with van der Waals surface area (Å²) in [6.07, 6.45) is 2.36. The molecule has 0 aliphatic carbocycles. The van der Waals surface area contributed by atoms with Crippen molar-refractivity contribution in [3.63, 3.8) is 0 Å². The van der Waals surface area contributed by atoms with Crippen LogP contribution in [0.5, 0.6) is 0 Å². The maximum atomic E-state index is 5.10. The summed E-state index contributed by atoms with van der Waals surface area (Å²) < 4.78 is 8.83. The average molecular weight is 262 g/mol. The standard InChI is InChI=1S/C8H11N5OS.ClH/c1-5(9-2)3-7-11-8(14-12-7)6-4-10-13-15-6;/h4-5,9H,3H2,1-2H3;1H. The van der Waals surface area contributed by atoms with Gasteiger partial charge in [0.25, 0.3) is 5.89 Å². The molecule has 88 valence electrons. The molecular formula is C8H12ClN5OS. The molecule has 0 fully saturated rings. The molecule has 0 aromatic carbocycles. The molecule has 1 unspecified atom stereocenters. The summed E-state index contributed by atoms with van der Waals surface area (Å²) in [5.41, 5.74) is 0. The maximum Gasteiger partial charge on any atom is 0.271 e. The molecule has 0 amide bonds. The number of hydrogen-bond acceptors (Lipinski definition) is 7. The highest BCUT2D eigenvalue weighted by atomic mass is 35.5. The minimum atomic E-state index is 0. The molecule has 0 saturated heterocycles. The molecule has 16 heavy (non-hydrogen) atoms. The largest absolute Gasteiger partial charge is 0.333 e. The van der Waals surface area contributed by atoms with Crippen LogP contribution in [0.1, 0.15) is 12.7 Å². The molecule has 8 heteroatoms. The van der Waals surface area contributed by atoms with Crippen molar-refractivity contribution in [2.24, 2.45) is 0 Å². The van der Waals surface area contributed by atoms with Gasteiger partial charge in [0.15, 0.2) is 5.82 Å². The van der Waals surface area contributed by atoms with Gasteiger partial charge in [0, 0.05) is 12.5 Å². The first-order valence-corrected chi connectivity index (χ1v) is 5.34. The van der Waals surface area contributed by atoms with E-state index in [1.807, 2.05) is 7.05 Å². The fourth-order valence-electron chi connectivity index (χ4n) is 1.07. The Morgan fingerprint density at radius 3 is 3.00 bits per heavy atom. The number of nitrogens with one attached hydrogen (secondary N) is 1. The smallest absolute Gasteiger partial charge is 0.271 e. The molecule has 1 N–H and O–H groups in total. The first-order valence-electron chi connectivity index (χ1n) is 4.57. The second-order valence-corrected chi connectivity index (χ2v) is 3.98. The Morgan fingerprint density at radius 1 is 1.56 bits per heavy atom. The topological polar surface area (TPSA) is 76.7 Å². The molecule has 0 aliphatic rings. The van der Waals surface area contributed by atoms with E-state index in [0.717, 1.165) is 11.3 Å². The summed E-state index contributed by atoms with van der Waals surface area (Å²) in [5.74, 6) is 1.18. The van der Waals surface area contributed by atoms with Crippen molar-refractivity contribution in [3.8, 4) is 10.8 Å². The van der Waals surface area contributed by atoms with Gasteiger partial charge in [0.2, 0.25) is 0 Å². The van der Waals surface area contributed by atoms with Crippen LogP contribution < -0.4 is 5.32 Å². The van der Waals surface area contributed by atoms with E-state index in [2.05, 4.69) is 32.0 Å². The number of rotatable bonds is 4. The maximum absolute atomic E-state index is 5.10. The Kier molecular flexibility index (Phi) is 4.78. The molecule has 6 nitrogen and oxygen atoms in total. The second-order valence-electron chi connectivity index (χ2n) is 3.19. The third kappa shape index (κ3) is 2.97. The lowest BCUT2D eigenvalue weighted by Crippen LogP contribution is -2.24. The minimum Gasteiger partial charge on any atom is -0.333 e. The van der Waals surface area contributed by atoms with Crippen LogP contribution in [0.4, 0.5) is 0 Å². The number of hydrogen-bond donors (Lipinski definition) is 1. The SMILES string of the molecule is CNC(C)Cc1noc(-c2cnns2)n1.Cl. The summed E-state index contributed by atoms with van der Waals surface area (Å²) in [6, 6.07) is 0.329. The van der Waals surface area contributed by atoms with Gasteiger partial charge in [-0.25, -0.2) is 0 Å². The van der Waals surface area contributed by atoms with Crippen LogP contribution in [-0.4, -0.2) is 32.8 Å². The first-order chi connectivity index (χ1) is 7.29. The molecule has 2 heterocycles. The summed E-state index contributed by atoms with van der Waals surface area (Å²) >= 11 is 1.24. The van der Waals surface area contributed by atoms with Crippen molar-refractivity contribution < 1.29 is 4.52 Å². The third-order valence-electron chi connectivity index (χ3n) is 2.02. The number of nitrogens with zero attached hydrogens (tertiary/aromatic N) is 4.